The first-order valence-electron chi connectivity index (χ1n) is 10.8. The monoisotopic (exact) mass is 496 g/mol. The number of esters is 1. The van der Waals surface area contributed by atoms with Crippen LogP contribution in [0.5, 0.6) is 17.2 Å². The Morgan fingerprint density at radius 3 is 2.26 bits per heavy atom. The summed E-state index contributed by atoms with van der Waals surface area (Å²) in [5.74, 6) is 0.236. The number of para-hydroxylation sites is 2. The van der Waals surface area contributed by atoms with Crippen LogP contribution in [-0.2, 0) is 19.1 Å². The van der Waals surface area contributed by atoms with Gasteiger partial charge in [-0.05, 0) is 61.0 Å². The van der Waals surface area contributed by atoms with Crippen LogP contribution in [0.3, 0.4) is 0 Å². The zero-order valence-electron chi connectivity index (χ0n) is 19.3. The molecule has 0 heterocycles. The molecule has 0 bridgehead atoms. The Morgan fingerprint density at radius 2 is 1.54 bits per heavy atom. The van der Waals surface area contributed by atoms with Crippen LogP contribution in [0.4, 0.5) is 11.4 Å². The van der Waals surface area contributed by atoms with Gasteiger partial charge in [-0.25, -0.2) is 0 Å². The van der Waals surface area contributed by atoms with Crippen molar-refractivity contribution in [2.75, 3.05) is 24.4 Å². The van der Waals surface area contributed by atoms with Crippen molar-refractivity contribution in [1.82, 2.24) is 0 Å². The standard InChI is InChI=1S/C26H25ClN2O6/c1-17-20(27)6-5-7-21(17)29-25(31)16-34-26(32)15-14-24(30)28-18-10-12-19(13-11-18)35-23-9-4-3-8-22(23)33-2/h3-13H,14-16H2,1-2H3,(H,28,30)(H,29,31). The molecule has 0 radical (unpaired) electrons. The van der Waals surface area contributed by atoms with Crippen molar-refractivity contribution in [2.45, 2.75) is 19.8 Å². The lowest BCUT2D eigenvalue weighted by molar-refractivity contribution is -0.147. The van der Waals surface area contributed by atoms with Gasteiger partial charge in [-0.1, -0.05) is 29.8 Å². The van der Waals surface area contributed by atoms with Crippen LogP contribution in [0.15, 0.2) is 66.7 Å². The molecule has 3 aromatic carbocycles. The second-order valence-corrected chi connectivity index (χ2v) is 7.85. The zero-order valence-corrected chi connectivity index (χ0v) is 20.1. The fourth-order valence-electron chi connectivity index (χ4n) is 3.02. The molecule has 0 saturated carbocycles. The van der Waals surface area contributed by atoms with E-state index in [1.807, 2.05) is 12.1 Å². The lowest BCUT2D eigenvalue weighted by Gasteiger charge is -2.11. The smallest absolute Gasteiger partial charge is 0.306 e. The maximum atomic E-state index is 12.2. The lowest BCUT2D eigenvalue weighted by Crippen LogP contribution is -2.22. The average molecular weight is 497 g/mol. The molecule has 0 unspecified atom stereocenters. The highest BCUT2D eigenvalue weighted by molar-refractivity contribution is 6.31. The van der Waals surface area contributed by atoms with E-state index < -0.39 is 18.5 Å². The van der Waals surface area contributed by atoms with Crippen molar-refractivity contribution in [3.63, 3.8) is 0 Å². The van der Waals surface area contributed by atoms with Crippen LogP contribution in [0.2, 0.25) is 5.02 Å². The van der Waals surface area contributed by atoms with E-state index in [0.717, 1.165) is 0 Å². The number of amides is 2. The maximum Gasteiger partial charge on any atom is 0.306 e. The molecule has 35 heavy (non-hydrogen) atoms. The van der Waals surface area contributed by atoms with Crippen LogP contribution in [-0.4, -0.2) is 31.5 Å². The SMILES string of the molecule is COc1ccccc1Oc1ccc(NC(=O)CCC(=O)OCC(=O)Nc2cccc(Cl)c2C)cc1. The minimum Gasteiger partial charge on any atom is -0.493 e. The number of ether oxygens (including phenoxy) is 3. The summed E-state index contributed by atoms with van der Waals surface area (Å²) in [6.45, 7) is 1.31. The van der Waals surface area contributed by atoms with Crippen LogP contribution in [0, 0.1) is 6.92 Å². The van der Waals surface area contributed by atoms with Gasteiger partial charge >= 0.3 is 5.97 Å². The van der Waals surface area contributed by atoms with Gasteiger partial charge in [0.1, 0.15) is 5.75 Å². The van der Waals surface area contributed by atoms with E-state index in [-0.39, 0.29) is 18.7 Å². The molecule has 182 valence electrons. The topological polar surface area (TPSA) is 103 Å². The molecule has 3 rings (SSSR count). The minimum atomic E-state index is -0.654. The average Bonchev–Trinajstić information content (AvgIpc) is 2.86. The number of nitrogens with one attached hydrogen (secondary N) is 2. The second-order valence-electron chi connectivity index (χ2n) is 7.45. The highest BCUT2D eigenvalue weighted by atomic mass is 35.5. The summed E-state index contributed by atoms with van der Waals surface area (Å²) in [6.07, 6.45) is -0.252. The van der Waals surface area contributed by atoms with Gasteiger partial charge in [0.15, 0.2) is 18.1 Å². The number of carbonyl (C=O) groups is 3. The molecule has 0 atom stereocenters. The quantitative estimate of drug-likeness (QED) is 0.367. The van der Waals surface area contributed by atoms with Gasteiger partial charge in [0.25, 0.3) is 5.91 Å². The molecule has 3 aromatic rings. The van der Waals surface area contributed by atoms with Crippen molar-refractivity contribution in [2.24, 2.45) is 0 Å². The van der Waals surface area contributed by atoms with E-state index in [2.05, 4.69) is 10.6 Å². The van der Waals surface area contributed by atoms with E-state index in [9.17, 15) is 14.4 Å². The maximum absolute atomic E-state index is 12.2. The van der Waals surface area contributed by atoms with Crippen LogP contribution in [0.1, 0.15) is 18.4 Å². The molecule has 0 saturated heterocycles. The molecule has 9 heteroatoms. The number of hydrogen-bond donors (Lipinski definition) is 2. The Labute approximate surface area is 208 Å². The number of carbonyl (C=O) groups excluding carboxylic acids is 3. The molecule has 0 fully saturated rings. The Bertz CT molecular complexity index is 1200. The summed E-state index contributed by atoms with van der Waals surface area (Å²) in [6, 6.07) is 19.2. The number of halogens is 1. The van der Waals surface area contributed by atoms with E-state index in [1.54, 1.807) is 68.6 Å². The third kappa shape index (κ3) is 7.75. The third-order valence-electron chi connectivity index (χ3n) is 4.90. The third-order valence-corrected chi connectivity index (χ3v) is 5.31. The fourth-order valence-corrected chi connectivity index (χ4v) is 3.20. The van der Waals surface area contributed by atoms with E-state index in [1.165, 1.54) is 0 Å². The predicted molar refractivity (Wildman–Crippen MR) is 133 cm³/mol. The summed E-state index contributed by atoms with van der Waals surface area (Å²) in [7, 11) is 1.56. The predicted octanol–water partition coefficient (Wildman–Crippen LogP) is 5.35. The van der Waals surface area contributed by atoms with Gasteiger partial charge in [0.05, 0.1) is 13.5 Å². The van der Waals surface area contributed by atoms with Crippen LogP contribution in [0.25, 0.3) is 0 Å². The molecule has 2 amide bonds. The highest BCUT2D eigenvalue weighted by Gasteiger charge is 2.12. The van der Waals surface area contributed by atoms with Crippen molar-refractivity contribution in [1.29, 1.82) is 0 Å². The first-order chi connectivity index (χ1) is 16.9. The Balaban J connectivity index is 1.39. The van der Waals surface area contributed by atoms with Crippen LogP contribution < -0.4 is 20.1 Å². The normalized spacial score (nSPS) is 10.3. The van der Waals surface area contributed by atoms with Crippen molar-refractivity contribution in [3.8, 4) is 17.2 Å². The van der Waals surface area contributed by atoms with Crippen LogP contribution >= 0.6 is 11.6 Å². The first kappa shape index (κ1) is 25.6. The Hall–Kier alpha value is -4.04. The molecule has 2 N–H and O–H groups in total. The molecule has 0 aliphatic rings. The number of hydrogen-bond acceptors (Lipinski definition) is 6. The zero-order chi connectivity index (χ0) is 25.2. The van der Waals surface area contributed by atoms with E-state index >= 15 is 0 Å². The van der Waals surface area contributed by atoms with Crippen molar-refractivity contribution in [3.05, 3.63) is 77.3 Å². The summed E-state index contributed by atoms with van der Waals surface area (Å²) >= 11 is 6.02. The van der Waals surface area contributed by atoms with Gasteiger partial charge in [0, 0.05) is 22.8 Å². The summed E-state index contributed by atoms with van der Waals surface area (Å²) in [5, 5.41) is 5.85. The Kier molecular flexibility index (Phi) is 9.09. The first-order valence-corrected chi connectivity index (χ1v) is 11.1. The lowest BCUT2D eigenvalue weighted by atomic mass is 10.2. The molecule has 0 spiro atoms. The molecular weight excluding hydrogens is 472 g/mol. The van der Waals surface area contributed by atoms with E-state index in [4.69, 9.17) is 25.8 Å². The molecule has 8 nitrogen and oxygen atoms in total. The summed E-state index contributed by atoms with van der Waals surface area (Å²) in [5.41, 5.74) is 1.80. The number of methoxy groups -OCH3 is 1. The Morgan fingerprint density at radius 1 is 0.829 bits per heavy atom. The van der Waals surface area contributed by atoms with Gasteiger partial charge < -0.3 is 24.8 Å². The molecular formula is C26H25ClN2O6. The minimum absolute atomic E-state index is 0.0900. The largest absolute Gasteiger partial charge is 0.493 e. The van der Waals surface area contributed by atoms with Crippen molar-refractivity contribution < 1.29 is 28.6 Å². The van der Waals surface area contributed by atoms with Gasteiger partial charge in [-0.15, -0.1) is 0 Å². The number of anilines is 2. The van der Waals surface area contributed by atoms with E-state index in [0.29, 0.717) is 39.2 Å². The van der Waals surface area contributed by atoms with Crippen molar-refractivity contribution >= 4 is 40.8 Å². The molecule has 0 aliphatic carbocycles. The second kappa shape index (κ2) is 12.4. The molecule has 0 aliphatic heterocycles. The molecule has 0 aromatic heterocycles. The van der Waals surface area contributed by atoms with Gasteiger partial charge in [-0.3, -0.25) is 14.4 Å². The van der Waals surface area contributed by atoms with Gasteiger partial charge in [-0.2, -0.15) is 0 Å². The summed E-state index contributed by atoms with van der Waals surface area (Å²) in [4.78, 5) is 36.1. The number of rotatable bonds is 10. The summed E-state index contributed by atoms with van der Waals surface area (Å²) < 4.78 is 16.0. The number of benzene rings is 3. The highest BCUT2D eigenvalue weighted by Crippen LogP contribution is 2.31. The fraction of sp³-hybridized carbons (Fsp3) is 0.192. The van der Waals surface area contributed by atoms with Gasteiger partial charge in [0.2, 0.25) is 5.91 Å².